The van der Waals surface area contributed by atoms with Gasteiger partial charge in [-0.15, -0.1) is 0 Å². The maximum Gasteiger partial charge on any atom is 0.408 e. The van der Waals surface area contributed by atoms with Gasteiger partial charge in [-0.1, -0.05) is 0 Å². The summed E-state index contributed by atoms with van der Waals surface area (Å²) in [5.74, 6) is 0. The van der Waals surface area contributed by atoms with Crippen molar-refractivity contribution >= 4 is 58.6 Å². The highest BCUT2D eigenvalue weighted by Crippen LogP contribution is 2.38. The molecule has 0 unspecified atom stereocenters. The van der Waals surface area contributed by atoms with E-state index in [1.54, 1.807) is 0 Å². The van der Waals surface area contributed by atoms with Gasteiger partial charge in [0.05, 0.1) is 9.64 Å². The van der Waals surface area contributed by atoms with E-state index in [2.05, 4.69) is 4.98 Å². The summed E-state index contributed by atoms with van der Waals surface area (Å²) in [5, 5.41) is 8.65. The van der Waals surface area contributed by atoms with Crippen LogP contribution in [0.15, 0.2) is 20.8 Å². The Morgan fingerprint density at radius 1 is 0.909 bits per heavy atom. The molecule has 0 bridgehead atoms. The van der Waals surface area contributed by atoms with Crippen molar-refractivity contribution in [3.05, 3.63) is 14.6 Å². The zero-order chi connectivity index (χ0) is 16.8. The van der Waals surface area contributed by atoms with Crippen LogP contribution >= 0.6 is 22.6 Å². The minimum atomic E-state index is -5.36. The topological polar surface area (TPSA) is 191 Å². The van der Waals surface area contributed by atoms with Crippen LogP contribution in [0.5, 0.6) is 0 Å². The Kier molecular flexibility index (Phi) is 6.47. The molecule has 16 heteroatoms. The van der Waals surface area contributed by atoms with Crippen LogP contribution in [0.3, 0.4) is 0 Å². The molecule has 0 aliphatic carbocycles. The Bertz CT molecular complexity index is 977. The molecule has 0 saturated carbocycles. The maximum atomic E-state index is 11.2. The highest BCUT2D eigenvalue weighted by atomic mass is 127. The lowest BCUT2D eigenvalue weighted by Gasteiger charge is -2.07. The Morgan fingerprint density at radius 3 is 1.59 bits per heavy atom. The average molecular weight is 551 g/mol. The quantitative estimate of drug-likeness (QED) is 0.206. The number of hydrogen-bond donors (Lipinski definition) is 3. The summed E-state index contributed by atoms with van der Waals surface area (Å²) in [6.45, 7) is 0. The fraction of sp³-hybridized carbons (Fsp3) is 0. The molecule has 0 spiro atoms. The van der Waals surface area contributed by atoms with E-state index in [9.17, 15) is 25.3 Å². The molecular formula is C6H4BrIN2O9S3. The summed E-state index contributed by atoms with van der Waals surface area (Å²) in [4.78, 5) is -1.90. The van der Waals surface area contributed by atoms with Gasteiger partial charge >= 0.3 is 15.8 Å². The van der Waals surface area contributed by atoms with Gasteiger partial charge in [-0.05, 0) is 22.6 Å². The van der Waals surface area contributed by atoms with Crippen molar-refractivity contribution < 1.29 is 55.9 Å². The predicted molar refractivity (Wildman–Crippen MR) is 73.3 cm³/mol. The second kappa shape index (κ2) is 6.60. The van der Waals surface area contributed by atoms with Gasteiger partial charge in [0.15, 0.2) is 4.98 Å². The van der Waals surface area contributed by atoms with E-state index in [1.165, 1.54) is 0 Å². The smallest absolute Gasteiger partial charge is 0.408 e. The van der Waals surface area contributed by atoms with E-state index in [0.717, 1.165) is 22.6 Å². The molecule has 1 rings (SSSR count). The van der Waals surface area contributed by atoms with Crippen molar-refractivity contribution in [2.45, 2.75) is 14.7 Å². The molecule has 0 aromatic heterocycles. The third-order valence-corrected chi connectivity index (χ3v) is 6.74. The van der Waals surface area contributed by atoms with Crippen LogP contribution in [-0.4, -0.2) is 38.9 Å². The minimum absolute atomic E-state index is 0. The lowest BCUT2D eigenvalue weighted by Crippen LogP contribution is -3.00. The zero-order valence-corrected chi connectivity index (χ0v) is 15.9. The number of halogens is 2. The van der Waals surface area contributed by atoms with Crippen molar-refractivity contribution in [3.8, 4) is 0 Å². The monoisotopic (exact) mass is 550 g/mol. The third kappa shape index (κ3) is 4.31. The summed E-state index contributed by atoms with van der Waals surface area (Å²) < 4.78 is 93.1. The molecule has 1 aromatic rings. The van der Waals surface area contributed by atoms with Gasteiger partial charge < -0.3 is 17.0 Å². The van der Waals surface area contributed by atoms with Crippen LogP contribution in [0.25, 0.3) is 4.98 Å². The SMILES string of the molecule is N#[N+]c1cc(S(=O)(=O)O)c(I)c(S(=O)(=O)O)c1S(=O)(=O)O.[Br-]. The molecule has 0 fully saturated rings. The molecule has 0 aliphatic rings. The normalized spacial score (nSPS) is 12.3. The molecule has 1 aromatic carbocycles. The van der Waals surface area contributed by atoms with Gasteiger partial charge in [0.1, 0.15) is 9.79 Å². The third-order valence-electron chi connectivity index (χ3n) is 2.02. The van der Waals surface area contributed by atoms with Gasteiger partial charge in [0.25, 0.3) is 20.2 Å². The molecule has 11 nitrogen and oxygen atoms in total. The molecule has 22 heavy (non-hydrogen) atoms. The highest BCUT2D eigenvalue weighted by molar-refractivity contribution is 14.1. The van der Waals surface area contributed by atoms with Crippen LogP contribution in [0.2, 0.25) is 0 Å². The molecule has 0 amide bonds. The van der Waals surface area contributed by atoms with Crippen molar-refractivity contribution in [2.24, 2.45) is 0 Å². The van der Waals surface area contributed by atoms with E-state index in [0.29, 0.717) is 6.07 Å². The average Bonchev–Trinajstić information content (AvgIpc) is 2.23. The summed E-state index contributed by atoms with van der Waals surface area (Å²) >= 11 is 1.01. The Hall–Kier alpha value is -0.420. The van der Waals surface area contributed by atoms with E-state index in [4.69, 9.17) is 19.1 Å². The van der Waals surface area contributed by atoms with Gasteiger partial charge in [0.2, 0.25) is 10.3 Å². The predicted octanol–water partition coefficient (Wildman–Crippen LogP) is -2.48. The van der Waals surface area contributed by atoms with Gasteiger partial charge in [0, 0.05) is 0 Å². The molecule has 0 heterocycles. The first kappa shape index (κ1) is 21.6. The number of rotatable bonds is 3. The lowest BCUT2D eigenvalue weighted by atomic mass is 10.3. The van der Waals surface area contributed by atoms with Crippen molar-refractivity contribution in [1.29, 1.82) is 5.39 Å². The van der Waals surface area contributed by atoms with E-state index in [1.807, 2.05) is 0 Å². The minimum Gasteiger partial charge on any atom is -1.00 e. The van der Waals surface area contributed by atoms with Crippen molar-refractivity contribution in [3.63, 3.8) is 0 Å². The van der Waals surface area contributed by atoms with Crippen LogP contribution in [-0.2, 0) is 30.4 Å². The number of diazo groups is 1. The van der Waals surface area contributed by atoms with Crippen molar-refractivity contribution in [2.75, 3.05) is 0 Å². The summed E-state index contributed by atoms with van der Waals surface area (Å²) in [6.07, 6.45) is 0. The number of nitrogens with zero attached hydrogens (tertiary/aromatic N) is 2. The Morgan fingerprint density at radius 2 is 1.32 bits per heavy atom. The van der Waals surface area contributed by atoms with Gasteiger partial charge in [-0.2, -0.15) is 25.3 Å². The molecule has 0 saturated heterocycles. The van der Waals surface area contributed by atoms with Gasteiger partial charge in [-0.3, -0.25) is 13.7 Å². The fourth-order valence-corrected chi connectivity index (χ4v) is 6.26. The van der Waals surface area contributed by atoms with E-state index >= 15 is 0 Å². The molecule has 0 radical (unpaired) electrons. The fourth-order valence-electron chi connectivity index (χ4n) is 1.32. The summed E-state index contributed by atoms with van der Waals surface area (Å²) in [7, 11) is -15.7. The second-order valence-corrected chi connectivity index (χ2v) is 8.58. The van der Waals surface area contributed by atoms with E-state index in [-0.39, 0.29) is 17.0 Å². The molecular weight excluding hydrogens is 547 g/mol. The van der Waals surface area contributed by atoms with Crippen molar-refractivity contribution in [1.82, 2.24) is 0 Å². The van der Waals surface area contributed by atoms with Crippen LogP contribution in [0.4, 0.5) is 5.69 Å². The first-order chi connectivity index (χ1) is 9.21. The Labute approximate surface area is 148 Å². The molecule has 0 aliphatic heterocycles. The van der Waals surface area contributed by atoms with Crippen LogP contribution in [0.1, 0.15) is 0 Å². The Balaban J connectivity index is 0.00000441. The van der Waals surface area contributed by atoms with Crippen LogP contribution < -0.4 is 17.0 Å². The maximum absolute atomic E-state index is 11.2. The number of benzene rings is 1. The number of hydrogen-bond acceptors (Lipinski definition) is 7. The lowest BCUT2D eigenvalue weighted by molar-refractivity contribution is -0.0000166. The second-order valence-electron chi connectivity index (χ2n) is 3.39. The van der Waals surface area contributed by atoms with Gasteiger partial charge in [-0.25, -0.2) is 0 Å². The summed E-state index contributed by atoms with van der Waals surface area (Å²) in [6, 6.07) is 0.300. The molecule has 124 valence electrons. The largest absolute Gasteiger partial charge is 1.00 e. The summed E-state index contributed by atoms with van der Waals surface area (Å²) in [5.41, 5.74) is -1.21. The first-order valence-electron chi connectivity index (χ1n) is 4.35. The molecule has 0 atom stereocenters. The molecule has 3 N–H and O–H groups in total. The first-order valence-corrected chi connectivity index (χ1v) is 9.75. The van der Waals surface area contributed by atoms with E-state index < -0.39 is 54.3 Å². The highest BCUT2D eigenvalue weighted by Gasteiger charge is 2.40. The zero-order valence-electron chi connectivity index (χ0n) is 9.74. The standard InChI is InChI=1S/C6H3IN2O9S3.BrH/c7-4-3(19(10,11)12)1-2(9-8)5(20(13,14)15)6(4)21(16,17)18;/h1H,(H2-,10,11,12,13,14,15,16,17,18);1H. The van der Waals surface area contributed by atoms with Crippen LogP contribution in [0, 0.1) is 8.96 Å².